The summed E-state index contributed by atoms with van der Waals surface area (Å²) in [5.41, 5.74) is 9.98. The van der Waals surface area contributed by atoms with Crippen LogP contribution in [0.2, 0.25) is 0 Å². The molecule has 2 rings (SSSR count). The zero-order valence-corrected chi connectivity index (χ0v) is 11.2. The summed E-state index contributed by atoms with van der Waals surface area (Å²) in [6.45, 7) is 5.01. The summed E-state index contributed by atoms with van der Waals surface area (Å²) in [5.74, 6) is 0. The van der Waals surface area contributed by atoms with Crippen molar-refractivity contribution in [1.82, 2.24) is 0 Å². The van der Waals surface area contributed by atoms with E-state index in [0.29, 0.717) is 6.54 Å². The quantitative estimate of drug-likeness (QED) is 0.869. The Bertz CT molecular complexity index is 487. The predicted molar refractivity (Wildman–Crippen MR) is 77.7 cm³/mol. The van der Waals surface area contributed by atoms with Crippen LogP contribution in [-0.2, 0) is 11.8 Å². The first-order valence-electron chi connectivity index (χ1n) is 6.45. The molecule has 0 amide bonds. The molecule has 0 aliphatic rings. The number of nitrogens with two attached hydrogens (primary N) is 1. The van der Waals surface area contributed by atoms with Gasteiger partial charge in [0.25, 0.3) is 0 Å². The number of rotatable bonds is 4. The van der Waals surface area contributed by atoms with Gasteiger partial charge in [-0.1, -0.05) is 67.1 Å². The fourth-order valence-corrected chi connectivity index (χ4v) is 2.29. The van der Waals surface area contributed by atoms with Gasteiger partial charge in [-0.15, -0.1) is 0 Å². The lowest BCUT2D eigenvalue weighted by atomic mass is 9.77. The highest BCUT2D eigenvalue weighted by atomic mass is 14.6. The molecule has 18 heavy (non-hydrogen) atoms. The molecule has 1 heteroatoms. The standard InChI is InChI=1S/C17H21N/c1-14-8-10-16(11-9-14)17(2,13-18)12-15-6-4-3-5-7-15/h3-11H,12-13,18H2,1-2H3. The normalized spacial score (nSPS) is 14.2. The summed E-state index contributed by atoms with van der Waals surface area (Å²) in [7, 11) is 0. The molecule has 0 bridgehead atoms. The third-order valence-electron chi connectivity index (χ3n) is 3.64. The van der Waals surface area contributed by atoms with Crippen LogP contribution >= 0.6 is 0 Å². The lowest BCUT2D eigenvalue weighted by Gasteiger charge is -2.29. The van der Waals surface area contributed by atoms with Gasteiger partial charge in [0.15, 0.2) is 0 Å². The van der Waals surface area contributed by atoms with Crippen LogP contribution in [0.3, 0.4) is 0 Å². The predicted octanol–water partition coefficient (Wildman–Crippen LogP) is 3.45. The SMILES string of the molecule is Cc1ccc(C(C)(CN)Cc2ccccc2)cc1. The van der Waals surface area contributed by atoms with Crippen molar-refractivity contribution in [3.05, 3.63) is 71.3 Å². The number of benzene rings is 2. The second kappa shape index (κ2) is 5.36. The highest BCUT2D eigenvalue weighted by molar-refractivity contribution is 5.31. The van der Waals surface area contributed by atoms with Crippen molar-refractivity contribution >= 4 is 0 Å². The largest absolute Gasteiger partial charge is 0.330 e. The molecule has 2 aromatic rings. The third-order valence-corrected chi connectivity index (χ3v) is 3.64. The first-order chi connectivity index (χ1) is 8.64. The zero-order valence-electron chi connectivity index (χ0n) is 11.2. The molecule has 1 nitrogen and oxygen atoms in total. The molecule has 1 unspecified atom stereocenters. The average molecular weight is 239 g/mol. The molecular weight excluding hydrogens is 218 g/mol. The molecule has 0 aliphatic heterocycles. The average Bonchev–Trinajstić information content (AvgIpc) is 2.40. The summed E-state index contributed by atoms with van der Waals surface area (Å²) >= 11 is 0. The minimum absolute atomic E-state index is 0.00898. The van der Waals surface area contributed by atoms with Crippen LogP contribution < -0.4 is 5.73 Å². The van der Waals surface area contributed by atoms with E-state index < -0.39 is 0 Å². The van der Waals surface area contributed by atoms with E-state index in [2.05, 4.69) is 68.4 Å². The van der Waals surface area contributed by atoms with Gasteiger partial charge in [-0.05, 0) is 24.5 Å². The van der Waals surface area contributed by atoms with E-state index in [-0.39, 0.29) is 5.41 Å². The Morgan fingerprint density at radius 1 is 0.944 bits per heavy atom. The number of aryl methyl sites for hydroxylation is 1. The Kier molecular flexibility index (Phi) is 3.83. The molecule has 2 aromatic carbocycles. The fourth-order valence-electron chi connectivity index (χ4n) is 2.29. The highest BCUT2D eigenvalue weighted by Gasteiger charge is 2.25. The van der Waals surface area contributed by atoms with Crippen molar-refractivity contribution in [2.75, 3.05) is 6.54 Å². The van der Waals surface area contributed by atoms with Crippen LogP contribution in [0.25, 0.3) is 0 Å². The van der Waals surface area contributed by atoms with E-state index in [1.165, 1.54) is 16.7 Å². The van der Waals surface area contributed by atoms with Gasteiger partial charge in [-0.2, -0.15) is 0 Å². The summed E-state index contributed by atoms with van der Waals surface area (Å²) in [6, 6.07) is 19.3. The van der Waals surface area contributed by atoms with Crippen LogP contribution in [0.1, 0.15) is 23.6 Å². The Labute approximate surface area is 110 Å². The summed E-state index contributed by atoms with van der Waals surface area (Å²) in [6.07, 6.45) is 0.980. The molecule has 0 radical (unpaired) electrons. The summed E-state index contributed by atoms with van der Waals surface area (Å²) in [4.78, 5) is 0. The third kappa shape index (κ3) is 2.80. The topological polar surface area (TPSA) is 26.0 Å². The minimum Gasteiger partial charge on any atom is -0.330 e. The lowest BCUT2D eigenvalue weighted by molar-refractivity contribution is 0.481. The number of hydrogen-bond acceptors (Lipinski definition) is 1. The maximum absolute atomic E-state index is 6.02. The Hall–Kier alpha value is -1.60. The molecule has 0 aliphatic carbocycles. The van der Waals surface area contributed by atoms with Crippen molar-refractivity contribution in [1.29, 1.82) is 0 Å². The lowest BCUT2D eigenvalue weighted by Crippen LogP contribution is -2.34. The molecule has 0 saturated carbocycles. The van der Waals surface area contributed by atoms with Gasteiger partial charge in [-0.3, -0.25) is 0 Å². The Morgan fingerprint density at radius 3 is 2.11 bits per heavy atom. The fraction of sp³-hybridized carbons (Fsp3) is 0.294. The smallest absolute Gasteiger partial charge is 0.00876 e. The van der Waals surface area contributed by atoms with Gasteiger partial charge in [0.05, 0.1) is 0 Å². The minimum atomic E-state index is 0.00898. The Morgan fingerprint density at radius 2 is 1.56 bits per heavy atom. The first-order valence-corrected chi connectivity index (χ1v) is 6.45. The van der Waals surface area contributed by atoms with Crippen molar-refractivity contribution in [2.24, 2.45) is 5.73 Å². The van der Waals surface area contributed by atoms with Crippen LogP contribution in [0, 0.1) is 6.92 Å². The van der Waals surface area contributed by atoms with Crippen LogP contribution in [0.5, 0.6) is 0 Å². The monoisotopic (exact) mass is 239 g/mol. The molecule has 0 fully saturated rings. The van der Waals surface area contributed by atoms with Crippen molar-refractivity contribution < 1.29 is 0 Å². The van der Waals surface area contributed by atoms with Gasteiger partial charge < -0.3 is 5.73 Å². The molecule has 0 spiro atoms. The summed E-state index contributed by atoms with van der Waals surface area (Å²) < 4.78 is 0. The maximum Gasteiger partial charge on any atom is 0.00876 e. The number of hydrogen-bond donors (Lipinski definition) is 1. The van der Waals surface area contributed by atoms with Crippen molar-refractivity contribution in [3.63, 3.8) is 0 Å². The summed E-state index contributed by atoms with van der Waals surface area (Å²) in [5, 5.41) is 0. The second-order valence-corrected chi connectivity index (χ2v) is 5.29. The highest BCUT2D eigenvalue weighted by Crippen LogP contribution is 2.27. The van der Waals surface area contributed by atoms with Crippen LogP contribution in [0.15, 0.2) is 54.6 Å². The van der Waals surface area contributed by atoms with E-state index in [1.807, 2.05) is 0 Å². The molecule has 2 N–H and O–H groups in total. The first kappa shape index (κ1) is 12.8. The van der Waals surface area contributed by atoms with E-state index >= 15 is 0 Å². The second-order valence-electron chi connectivity index (χ2n) is 5.29. The maximum atomic E-state index is 6.02. The van der Waals surface area contributed by atoms with Crippen molar-refractivity contribution in [2.45, 2.75) is 25.7 Å². The molecule has 1 atom stereocenters. The zero-order chi connectivity index (χ0) is 13.0. The van der Waals surface area contributed by atoms with Gasteiger partial charge in [-0.25, -0.2) is 0 Å². The van der Waals surface area contributed by atoms with E-state index in [4.69, 9.17) is 5.73 Å². The van der Waals surface area contributed by atoms with Crippen LogP contribution in [-0.4, -0.2) is 6.54 Å². The molecule has 0 heterocycles. The van der Waals surface area contributed by atoms with Gasteiger partial charge in [0.2, 0.25) is 0 Å². The molecule has 0 saturated heterocycles. The molecule has 0 aromatic heterocycles. The molecule has 94 valence electrons. The van der Waals surface area contributed by atoms with E-state index in [0.717, 1.165) is 6.42 Å². The van der Waals surface area contributed by atoms with Gasteiger partial charge >= 0.3 is 0 Å². The van der Waals surface area contributed by atoms with Crippen LogP contribution in [0.4, 0.5) is 0 Å². The van der Waals surface area contributed by atoms with E-state index in [9.17, 15) is 0 Å². The van der Waals surface area contributed by atoms with Gasteiger partial charge in [0.1, 0.15) is 0 Å². The van der Waals surface area contributed by atoms with Gasteiger partial charge in [0, 0.05) is 12.0 Å². The van der Waals surface area contributed by atoms with E-state index in [1.54, 1.807) is 0 Å². The molecular formula is C17H21N. The Balaban J connectivity index is 2.28. The van der Waals surface area contributed by atoms with Crippen molar-refractivity contribution in [3.8, 4) is 0 Å².